The summed E-state index contributed by atoms with van der Waals surface area (Å²) in [7, 11) is 0. The third-order valence-electron chi connectivity index (χ3n) is 4.11. The summed E-state index contributed by atoms with van der Waals surface area (Å²) in [6, 6.07) is 19.1. The van der Waals surface area contributed by atoms with Crippen LogP contribution in [0.1, 0.15) is 10.5 Å². The second kappa shape index (κ2) is 7.71. The molecule has 138 valence electrons. The van der Waals surface area contributed by atoms with Gasteiger partial charge in [-0.2, -0.15) is 5.10 Å². The van der Waals surface area contributed by atoms with Crippen LogP contribution >= 0.6 is 0 Å². The quantitative estimate of drug-likeness (QED) is 0.450. The molecule has 0 fully saturated rings. The monoisotopic (exact) mass is 370 g/mol. The lowest BCUT2D eigenvalue weighted by Gasteiger charge is -2.09. The van der Waals surface area contributed by atoms with Crippen LogP contribution in [0, 0.1) is 0 Å². The smallest absolute Gasteiger partial charge is 0.269 e. The van der Waals surface area contributed by atoms with Gasteiger partial charge in [0.25, 0.3) is 5.91 Å². The number of benzene rings is 2. The highest BCUT2D eigenvalue weighted by molar-refractivity contribution is 5.94. The number of nitrogens with zero attached hydrogens (tertiary/aromatic N) is 3. The van der Waals surface area contributed by atoms with Crippen molar-refractivity contribution in [3.05, 3.63) is 79.0 Å². The van der Waals surface area contributed by atoms with E-state index in [1.165, 1.54) is 0 Å². The normalized spacial score (nSPS) is 10.6. The Kier molecular flexibility index (Phi) is 4.79. The van der Waals surface area contributed by atoms with Crippen molar-refractivity contribution < 1.29 is 4.79 Å². The second-order valence-corrected chi connectivity index (χ2v) is 6.07. The van der Waals surface area contributed by atoms with Gasteiger partial charge in [0, 0.05) is 23.6 Å². The maximum absolute atomic E-state index is 12.0. The lowest BCUT2D eigenvalue weighted by atomic mass is 10.2. The van der Waals surface area contributed by atoms with E-state index < -0.39 is 0 Å². The zero-order chi connectivity index (χ0) is 19.3. The summed E-state index contributed by atoms with van der Waals surface area (Å²) >= 11 is 0. The van der Waals surface area contributed by atoms with E-state index in [-0.39, 0.29) is 5.91 Å². The van der Waals surface area contributed by atoms with Gasteiger partial charge in [0.2, 0.25) is 0 Å². The molecule has 0 unspecified atom stereocenters. The minimum absolute atomic E-state index is 0.252. The zero-order valence-corrected chi connectivity index (χ0v) is 15.0. The highest BCUT2D eigenvalue weighted by Gasteiger charge is 2.13. The Hall–Kier alpha value is -4.00. The van der Waals surface area contributed by atoms with Gasteiger partial charge in [-0.25, -0.2) is 9.97 Å². The number of nitrogens with one attached hydrogen (secondary N) is 3. The molecule has 0 aliphatic heterocycles. The number of anilines is 2. The highest BCUT2D eigenvalue weighted by atomic mass is 16.1. The molecule has 2 aromatic carbocycles. The van der Waals surface area contributed by atoms with Gasteiger partial charge in [0.05, 0.1) is 5.52 Å². The standard InChI is InChI=1S/C21H18N6O/c1-2-12-22-21(28)17-13-18(27-26-17)24-20-15-10-6-7-11-16(15)23-19(25-20)14-8-4-3-5-9-14/h2-11,13H,1,12H2,(H,22,28)(H2,23,24,25,26,27). The molecule has 0 spiro atoms. The van der Waals surface area contributed by atoms with E-state index in [1.54, 1.807) is 12.1 Å². The van der Waals surface area contributed by atoms with Crippen LogP contribution < -0.4 is 10.6 Å². The van der Waals surface area contributed by atoms with Crippen LogP contribution in [0.2, 0.25) is 0 Å². The van der Waals surface area contributed by atoms with Gasteiger partial charge in [-0.3, -0.25) is 9.89 Å². The van der Waals surface area contributed by atoms with Gasteiger partial charge in [-0.05, 0) is 12.1 Å². The third kappa shape index (κ3) is 3.59. The van der Waals surface area contributed by atoms with Crippen LogP contribution in [0.25, 0.3) is 22.3 Å². The van der Waals surface area contributed by atoms with Crippen LogP contribution in [0.5, 0.6) is 0 Å². The number of hydrogen-bond acceptors (Lipinski definition) is 5. The number of aromatic nitrogens is 4. The maximum Gasteiger partial charge on any atom is 0.269 e. The molecule has 3 N–H and O–H groups in total. The molecule has 4 aromatic rings. The summed E-state index contributed by atoms with van der Waals surface area (Å²) in [5.74, 6) is 1.47. The Bertz CT molecular complexity index is 1140. The topological polar surface area (TPSA) is 95.6 Å². The van der Waals surface area contributed by atoms with Crippen molar-refractivity contribution in [2.24, 2.45) is 0 Å². The molecule has 0 atom stereocenters. The van der Waals surface area contributed by atoms with Crippen molar-refractivity contribution in [1.29, 1.82) is 0 Å². The first-order valence-electron chi connectivity index (χ1n) is 8.78. The summed E-state index contributed by atoms with van der Waals surface area (Å²) in [4.78, 5) is 21.4. The van der Waals surface area contributed by atoms with E-state index in [4.69, 9.17) is 0 Å². The van der Waals surface area contributed by atoms with Crippen LogP contribution in [0.15, 0.2) is 73.3 Å². The van der Waals surface area contributed by atoms with Gasteiger partial charge in [0.15, 0.2) is 11.6 Å². The van der Waals surface area contributed by atoms with Gasteiger partial charge in [0.1, 0.15) is 11.5 Å². The first kappa shape index (κ1) is 17.4. The summed E-state index contributed by atoms with van der Waals surface area (Å²) in [5, 5.41) is 13.7. The third-order valence-corrected chi connectivity index (χ3v) is 4.11. The minimum Gasteiger partial charge on any atom is -0.347 e. The summed E-state index contributed by atoms with van der Waals surface area (Å²) in [6.45, 7) is 3.97. The number of para-hydroxylation sites is 1. The maximum atomic E-state index is 12.0. The molecule has 28 heavy (non-hydrogen) atoms. The molecule has 0 radical (unpaired) electrons. The Morgan fingerprint density at radius 3 is 2.68 bits per heavy atom. The predicted octanol–water partition coefficient (Wildman–Crippen LogP) is 3.68. The fraction of sp³-hybridized carbons (Fsp3) is 0.0476. The fourth-order valence-electron chi connectivity index (χ4n) is 2.77. The van der Waals surface area contributed by atoms with Crippen molar-refractivity contribution in [2.45, 2.75) is 0 Å². The van der Waals surface area contributed by atoms with Gasteiger partial charge >= 0.3 is 0 Å². The molecule has 4 rings (SSSR count). The number of carbonyl (C=O) groups excluding carboxylic acids is 1. The first-order valence-corrected chi connectivity index (χ1v) is 8.78. The van der Waals surface area contributed by atoms with Crippen molar-refractivity contribution in [1.82, 2.24) is 25.5 Å². The molecule has 0 aliphatic carbocycles. The Morgan fingerprint density at radius 1 is 1.07 bits per heavy atom. The van der Waals surface area contributed by atoms with Crippen molar-refractivity contribution in [2.75, 3.05) is 11.9 Å². The van der Waals surface area contributed by atoms with Crippen LogP contribution in [0.3, 0.4) is 0 Å². The number of rotatable bonds is 6. The van der Waals surface area contributed by atoms with Crippen LogP contribution in [-0.2, 0) is 0 Å². The molecule has 0 saturated carbocycles. The van der Waals surface area contributed by atoms with E-state index in [0.717, 1.165) is 16.5 Å². The highest BCUT2D eigenvalue weighted by Crippen LogP contribution is 2.26. The summed E-state index contributed by atoms with van der Waals surface area (Å²) < 4.78 is 0. The number of hydrogen-bond donors (Lipinski definition) is 3. The molecular formula is C21H18N6O. The number of carbonyl (C=O) groups is 1. The number of aromatic amines is 1. The average molecular weight is 370 g/mol. The molecule has 0 saturated heterocycles. The molecule has 2 heterocycles. The Labute approximate surface area is 161 Å². The fourth-order valence-corrected chi connectivity index (χ4v) is 2.77. The minimum atomic E-state index is -0.252. The SMILES string of the molecule is C=CCNC(=O)c1cc(Nc2nc(-c3ccccc3)nc3ccccc23)n[nH]1. The van der Waals surface area contributed by atoms with Gasteiger partial charge in [-0.15, -0.1) is 6.58 Å². The Balaban J connectivity index is 1.69. The number of fused-ring (bicyclic) bond motifs is 1. The Morgan fingerprint density at radius 2 is 1.86 bits per heavy atom. The van der Waals surface area contributed by atoms with E-state index in [0.29, 0.717) is 29.7 Å². The molecule has 7 heteroatoms. The second-order valence-electron chi connectivity index (χ2n) is 6.07. The van der Waals surface area contributed by atoms with Crippen LogP contribution in [0.4, 0.5) is 11.6 Å². The van der Waals surface area contributed by atoms with Gasteiger partial charge < -0.3 is 10.6 Å². The molecule has 0 aliphatic rings. The van der Waals surface area contributed by atoms with E-state index in [2.05, 4.69) is 37.4 Å². The van der Waals surface area contributed by atoms with E-state index in [9.17, 15) is 4.79 Å². The molecule has 1 amide bonds. The summed E-state index contributed by atoms with van der Waals surface area (Å²) in [6.07, 6.45) is 1.62. The van der Waals surface area contributed by atoms with E-state index in [1.807, 2.05) is 54.6 Å². The largest absolute Gasteiger partial charge is 0.347 e. The van der Waals surface area contributed by atoms with Crippen molar-refractivity contribution >= 4 is 28.4 Å². The number of H-pyrrole nitrogens is 1. The lowest BCUT2D eigenvalue weighted by molar-refractivity contribution is 0.0953. The van der Waals surface area contributed by atoms with Crippen molar-refractivity contribution in [3.8, 4) is 11.4 Å². The lowest BCUT2D eigenvalue weighted by Crippen LogP contribution is -2.23. The predicted molar refractivity (Wildman–Crippen MR) is 109 cm³/mol. The summed E-state index contributed by atoms with van der Waals surface area (Å²) in [5.41, 5.74) is 2.09. The molecular weight excluding hydrogens is 352 g/mol. The molecule has 7 nitrogen and oxygen atoms in total. The van der Waals surface area contributed by atoms with Crippen LogP contribution in [-0.4, -0.2) is 32.6 Å². The first-order chi connectivity index (χ1) is 13.7. The van der Waals surface area contributed by atoms with Gasteiger partial charge in [-0.1, -0.05) is 48.5 Å². The van der Waals surface area contributed by atoms with E-state index >= 15 is 0 Å². The molecule has 0 bridgehead atoms. The average Bonchev–Trinajstić information content (AvgIpc) is 3.21. The molecule has 2 aromatic heterocycles. The van der Waals surface area contributed by atoms with Crippen molar-refractivity contribution in [3.63, 3.8) is 0 Å². The zero-order valence-electron chi connectivity index (χ0n) is 15.0. The number of amides is 1.